The molecule has 1 saturated heterocycles. The molecule has 2 fully saturated rings. The van der Waals surface area contributed by atoms with Crippen LogP contribution < -0.4 is 0 Å². The van der Waals surface area contributed by atoms with Crippen LogP contribution in [-0.4, -0.2) is 19.5 Å². The van der Waals surface area contributed by atoms with E-state index < -0.39 is 0 Å². The summed E-state index contributed by atoms with van der Waals surface area (Å²) in [7, 11) is 0. The van der Waals surface area contributed by atoms with E-state index in [-0.39, 0.29) is 6.29 Å². The smallest absolute Gasteiger partial charge is 0.160 e. The Morgan fingerprint density at radius 2 is 1.29 bits per heavy atom. The summed E-state index contributed by atoms with van der Waals surface area (Å²) >= 11 is 0. The van der Waals surface area contributed by atoms with Crippen LogP contribution in [0.3, 0.4) is 0 Å². The van der Waals surface area contributed by atoms with Gasteiger partial charge in [0.2, 0.25) is 0 Å². The number of hydrogen-bond acceptors (Lipinski definition) is 2. The van der Waals surface area contributed by atoms with Crippen molar-refractivity contribution in [1.82, 2.24) is 0 Å². The maximum atomic E-state index is 6.22. The molecule has 2 aliphatic rings. The molecule has 24 heavy (non-hydrogen) atoms. The molecule has 2 unspecified atom stereocenters. The predicted octanol–water partition coefficient (Wildman–Crippen LogP) is 6.15. The summed E-state index contributed by atoms with van der Waals surface area (Å²) in [6, 6.07) is 0. The second-order valence-electron chi connectivity index (χ2n) is 10.7. The van der Waals surface area contributed by atoms with E-state index in [1.165, 1.54) is 25.7 Å². The van der Waals surface area contributed by atoms with Crippen LogP contribution in [0, 0.1) is 40.4 Å². The van der Waals surface area contributed by atoms with Crippen molar-refractivity contribution >= 4 is 0 Å². The highest BCUT2D eigenvalue weighted by Crippen LogP contribution is 2.52. The van der Waals surface area contributed by atoms with Gasteiger partial charge in [0.15, 0.2) is 6.29 Å². The van der Waals surface area contributed by atoms with Crippen LogP contribution in [0.4, 0.5) is 0 Å². The first-order valence-corrected chi connectivity index (χ1v) is 10.3. The van der Waals surface area contributed by atoms with Gasteiger partial charge in [-0.3, -0.25) is 0 Å². The first-order chi connectivity index (χ1) is 11.0. The standard InChI is InChI=1S/C22H42O2/c1-9-10-16-13-23-20(24-14-16)17-11-18(21(3,4)5)15(2)19(12-17)22(6,7)8/h15-20H,9-14H2,1-8H3. The molecule has 2 rings (SSSR count). The highest BCUT2D eigenvalue weighted by Gasteiger charge is 2.47. The van der Waals surface area contributed by atoms with Crippen LogP contribution in [0.5, 0.6) is 0 Å². The molecular formula is C22H42O2. The van der Waals surface area contributed by atoms with Crippen molar-refractivity contribution < 1.29 is 9.47 Å². The quantitative estimate of drug-likeness (QED) is 0.614. The van der Waals surface area contributed by atoms with Crippen LogP contribution in [-0.2, 0) is 9.47 Å². The fraction of sp³-hybridized carbons (Fsp3) is 1.00. The Balaban J connectivity index is 2.10. The molecule has 2 atom stereocenters. The summed E-state index contributed by atoms with van der Waals surface area (Å²) in [5.41, 5.74) is 0.696. The molecule has 0 aromatic carbocycles. The van der Waals surface area contributed by atoms with Gasteiger partial charge in [-0.15, -0.1) is 0 Å². The van der Waals surface area contributed by atoms with Gasteiger partial charge in [-0.1, -0.05) is 61.8 Å². The first kappa shape index (κ1) is 20.2. The van der Waals surface area contributed by atoms with Gasteiger partial charge in [-0.05, 0) is 47.8 Å². The summed E-state index contributed by atoms with van der Waals surface area (Å²) in [5.74, 6) is 3.39. The third kappa shape index (κ3) is 4.75. The Morgan fingerprint density at radius 1 is 0.833 bits per heavy atom. The molecule has 2 heteroatoms. The molecule has 0 spiro atoms. The first-order valence-electron chi connectivity index (χ1n) is 10.3. The highest BCUT2D eigenvalue weighted by atomic mass is 16.7. The monoisotopic (exact) mass is 338 g/mol. The van der Waals surface area contributed by atoms with Crippen molar-refractivity contribution in [3.05, 3.63) is 0 Å². The number of rotatable bonds is 3. The Kier molecular flexibility index (Phi) is 6.46. The van der Waals surface area contributed by atoms with Gasteiger partial charge < -0.3 is 9.47 Å². The van der Waals surface area contributed by atoms with Gasteiger partial charge in [0, 0.05) is 11.8 Å². The van der Waals surface area contributed by atoms with Crippen molar-refractivity contribution in [3.63, 3.8) is 0 Å². The van der Waals surface area contributed by atoms with Gasteiger partial charge in [0.05, 0.1) is 13.2 Å². The van der Waals surface area contributed by atoms with Crippen LogP contribution >= 0.6 is 0 Å². The average molecular weight is 339 g/mol. The van der Waals surface area contributed by atoms with Crippen molar-refractivity contribution in [3.8, 4) is 0 Å². The van der Waals surface area contributed by atoms with E-state index in [0.717, 1.165) is 31.0 Å². The van der Waals surface area contributed by atoms with E-state index in [9.17, 15) is 0 Å². The topological polar surface area (TPSA) is 18.5 Å². The maximum Gasteiger partial charge on any atom is 0.160 e. The largest absolute Gasteiger partial charge is 0.352 e. The number of hydrogen-bond donors (Lipinski definition) is 0. The summed E-state index contributed by atoms with van der Waals surface area (Å²) in [5, 5.41) is 0. The zero-order chi connectivity index (χ0) is 18.1. The molecule has 2 nitrogen and oxygen atoms in total. The van der Waals surface area contributed by atoms with Crippen molar-refractivity contribution in [2.75, 3.05) is 13.2 Å². The lowest BCUT2D eigenvalue weighted by Crippen LogP contribution is -2.47. The zero-order valence-electron chi connectivity index (χ0n) is 17.5. The number of ether oxygens (including phenoxy) is 2. The SMILES string of the molecule is CCCC1COC(C2CC(C(C)(C)C)C(C)C(C(C)(C)C)C2)OC1. The Morgan fingerprint density at radius 3 is 1.67 bits per heavy atom. The zero-order valence-corrected chi connectivity index (χ0v) is 17.5. The van der Waals surface area contributed by atoms with Crippen LogP contribution in [0.15, 0.2) is 0 Å². The predicted molar refractivity (Wildman–Crippen MR) is 102 cm³/mol. The fourth-order valence-electron chi connectivity index (χ4n) is 5.37. The molecule has 1 saturated carbocycles. The Bertz CT molecular complexity index is 358. The van der Waals surface area contributed by atoms with Gasteiger partial charge in [0.1, 0.15) is 0 Å². The molecule has 0 N–H and O–H groups in total. The Hall–Kier alpha value is -0.0800. The lowest BCUT2D eigenvalue weighted by atomic mass is 9.55. The van der Waals surface area contributed by atoms with Crippen LogP contribution in [0.1, 0.15) is 81.1 Å². The van der Waals surface area contributed by atoms with Gasteiger partial charge in [-0.2, -0.15) is 0 Å². The molecule has 1 aliphatic heterocycles. The molecule has 1 aliphatic carbocycles. The van der Waals surface area contributed by atoms with Crippen LogP contribution in [0.25, 0.3) is 0 Å². The average Bonchev–Trinajstić information content (AvgIpc) is 2.46. The third-order valence-corrected chi connectivity index (χ3v) is 6.68. The minimum atomic E-state index is 0.0281. The van der Waals surface area contributed by atoms with E-state index in [1.54, 1.807) is 0 Å². The van der Waals surface area contributed by atoms with E-state index in [0.29, 0.717) is 22.7 Å². The van der Waals surface area contributed by atoms with Crippen molar-refractivity contribution in [2.45, 2.75) is 87.4 Å². The van der Waals surface area contributed by atoms with Gasteiger partial charge in [-0.25, -0.2) is 0 Å². The van der Waals surface area contributed by atoms with E-state index in [2.05, 4.69) is 55.4 Å². The fourth-order valence-corrected chi connectivity index (χ4v) is 5.37. The molecule has 0 amide bonds. The van der Waals surface area contributed by atoms with Crippen molar-refractivity contribution in [1.29, 1.82) is 0 Å². The third-order valence-electron chi connectivity index (χ3n) is 6.68. The van der Waals surface area contributed by atoms with Crippen molar-refractivity contribution in [2.24, 2.45) is 40.4 Å². The molecule has 0 bridgehead atoms. The molecule has 0 radical (unpaired) electrons. The molecule has 0 aromatic rings. The summed E-state index contributed by atoms with van der Waals surface area (Å²) < 4.78 is 12.4. The lowest BCUT2D eigenvalue weighted by molar-refractivity contribution is -0.239. The van der Waals surface area contributed by atoms with E-state index in [1.807, 2.05) is 0 Å². The van der Waals surface area contributed by atoms with Gasteiger partial charge >= 0.3 is 0 Å². The van der Waals surface area contributed by atoms with Crippen LogP contribution in [0.2, 0.25) is 0 Å². The molecule has 142 valence electrons. The normalized spacial score (nSPS) is 39.0. The minimum absolute atomic E-state index is 0.0281. The second kappa shape index (κ2) is 7.66. The highest BCUT2D eigenvalue weighted by molar-refractivity contribution is 4.94. The summed E-state index contributed by atoms with van der Waals surface area (Å²) in [6.07, 6.45) is 4.98. The van der Waals surface area contributed by atoms with Gasteiger partial charge in [0.25, 0.3) is 0 Å². The van der Waals surface area contributed by atoms with E-state index in [4.69, 9.17) is 9.47 Å². The Labute approximate surface area is 151 Å². The maximum absolute atomic E-state index is 6.22. The molecule has 1 heterocycles. The second-order valence-corrected chi connectivity index (χ2v) is 10.7. The molecular weight excluding hydrogens is 296 g/mol. The minimum Gasteiger partial charge on any atom is -0.352 e. The lowest BCUT2D eigenvalue weighted by Gasteiger charge is -2.52. The summed E-state index contributed by atoms with van der Waals surface area (Å²) in [4.78, 5) is 0. The molecule has 0 aromatic heterocycles. The van der Waals surface area contributed by atoms with E-state index >= 15 is 0 Å². The summed E-state index contributed by atoms with van der Waals surface area (Å²) in [6.45, 7) is 21.0.